The number of hydrogen-bond acceptors (Lipinski definition) is 2. The molecule has 0 aliphatic carbocycles. The molecule has 0 aromatic heterocycles. The smallest absolute Gasteiger partial charge is 0.126 e. The minimum absolute atomic E-state index is 0.0825. The number of nitrogens with zero attached hydrogens (tertiary/aromatic N) is 1. The molecule has 0 heterocycles. The fourth-order valence-electron chi connectivity index (χ4n) is 0.972. The molecular weight excluding hydrogens is 176 g/mol. The number of halogens is 2. The lowest BCUT2D eigenvalue weighted by Crippen LogP contribution is -1.97. The minimum Gasteiger partial charge on any atom is -0.387 e. The molecule has 1 aromatic rings. The van der Waals surface area contributed by atoms with Gasteiger partial charge < -0.3 is 5.11 Å². The van der Waals surface area contributed by atoms with Gasteiger partial charge in [0.25, 0.3) is 0 Å². The Kier molecular flexibility index (Phi) is 2.93. The fraction of sp³-hybridized carbons (Fsp3) is 0.222. The van der Waals surface area contributed by atoms with E-state index in [4.69, 9.17) is 5.26 Å². The molecule has 0 saturated heterocycles. The lowest BCUT2D eigenvalue weighted by atomic mass is 10.1. The average molecular weight is 183 g/mol. The molecule has 1 rings (SSSR count). The molecule has 1 aromatic carbocycles. The number of hydrogen-bond donors (Lipinski definition) is 1. The normalized spacial score (nSPS) is 12.2. The van der Waals surface area contributed by atoms with Crippen LogP contribution in [0, 0.1) is 23.0 Å². The van der Waals surface area contributed by atoms with Gasteiger partial charge in [0.1, 0.15) is 11.6 Å². The van der Waals surface area contributed by atoms with Crippen molar-refractivity contribution in [3.8, 4) is 6.07 Å². The first-order chi connectivity index (χ1) is 6.13. The maximum atomic E-state index is 12.6. The molecule has 0 radical (unpaired) electrons. The highest BCUT2D eigenvalue weighted by Crippen LogP contribution is 2.18. The van der Waals surface area contributed by atoms with Crippen LogP contribution in [0.4, 0.5) is 8.78 Å². The summed E-state index contributed by atoms with van der Waals surface area (Å²) in [7, 11) is 0. The van der Waals surface area contributed by atoms with E-state index in [0.717, 1.165) is 12.1 Å². The minimum atomic E-state index is -1.13. The highest BCUT2D eigenvalue weighted by Gasteiger charge is 2.09. The summed E-state index contributed by atoms with van der Waals surface area (Å²) in [6.45, 7) is 0. The Morgan fingerprint density at radius 3 is 2.31 bits per heavy atom. The summed E-state index contributed by atoms with van der Waals surface area (Å²) in [6.07, 6.45) is -1.31. The first-order valence-electron chi connectivity index (χ1n) is 3.64. The molecule has 0 fully saturated rings. The summed E-state index contributed by atoms with van der Waals surface area (Å²) in [6, 6.07) is 4.43. The first-order valence-corrected chi connectivity index (χ1v) is 3.64. The molecule has 1 unspecified atom stereocenters. The molecule has 0 saturated carbocycles. The van der Waals surface area contributed by atoms with Crippen molar-refractivity contribution >= 4 is 0 Å². The molecule has 13 heavy (non-hydrogen) atoms. The van der Waals surface area contributed by atoms with Gasteiger partial charge in [-0.15, -0.1) is 0 Å². The summed E-state index contributed by atoms with van der Waals surface area (Å²) in [5.74, 6) is -1.51. The molecule has 0 bridgehead atoms. The Morgan fingerprint density at radius 1 is 1.31 bits per heavy atom. The van der Waals surface area contributed by atoms with Gasteiger partial charge in [-0.05, 0) is 17.7 Å². The Bertz CT molecular complexity index is 326. The van der Waals surface area contributed by atoms with Crippen molar-refractivity contribution in [2.75, 3.05) is 0 Å². The van der Waals surface area contributed by atoms with Crippen molar-refractivity contribution in [2.45, 2.75) is 12.5 Å². The Hall–Kier alpha value is -1.47. The quantitative estimate of drug-likeness (QED) is 0.761. The largest absolute Gasteiger partial charge is 0.387 e. The zero-order valence-electron chi connectivity index (χ0n) is 6.67. The number of benzene rings is 1. The third-order valence-electron chi connectivity index (χ3n) is 1.55. The maximum absolute atomic E-state index is 12.6. The van der Waals surface area contributed by atoms with Crippen molar-refractivity contribution in [1.82, 2.24) is 0 Å². The van der Waals surface area contributed by atoms with Gasteiger partial charge in [0.05, 0.1) is 18.6 Å². The summed E-state index contributed by atoms with van der Waals surface area (Å²) in [4.78, 5) is 0. The highest BCUT2D eigenvalue weighted by atomic mass is 19.1. The zero-order valence-corrected chi connectivity index (χ0v) is 6.67. The molecule has 68 valence electrons. The zero-order chi connectivity index (χ0) is 9.84. The maximum Gasteiger partial charge on any atom is 0.126 e. The van der Waals surface area contributed by atoms with Crippen LogP contribution >= 0.6 is 0 Å². The fourth-order valence-corrected chi connectivity index (χ4v) is 0.972. The lowest BCUT2D eigenvalue weighted by molar-refractivity contribution is 0.182. The van der Waals surface area contributed by atoms with Gasteiger partial charge in [-0.25, -0.2) is 8.78 Å². The number of rotatable bonds is 2. The SMILES string of the molecule is N#CCC(O)c1cc(F)cc(F)c1. The molecule has 1 N–H and O–H groups in total. The van der Waals surface area contributed by atoms with Crippen LogP contribution in [0.25, 0.3) is 0 Å². The van der Waals surface area contributed by atoms with Gasteiger partial charge in [0.15, 0.2) is 0 Å². The second-order valence-electron chi connectivity index (χ2n) is 2.58. The van der Waals surface area contributed by atoms with E-state index in [0.29, 0.717) is 6.07 Å². The van der Waals surface area contributed by atoms with Crippen LogP contribution in [0.1, 0.15) is 18.1 Å². The van der Waals surface area contributed by atoms with Gasteiger partial charge in [-0.2, -0.15) is 5.26 Å². The van der Waals surface area contributed by atoms with Crippen LogP contribution in [0.3, 0.4) is 0 Å². The summed E-state index contributed by atoms with van der Waals surface area (Å²) < 4.78 is 25.2. The standard InChI is InChI=1S/C9H7F2NO/c10-7-3-6(4-8(11)5-7)9(13)1-2-12/h3-5,9,13H,1H2. The highest BCUT2D eigenvalue weighted by molar-refractivity contribution is 5.20. The Labute approximate surface area is 74.0 Å². The third kappa shape index (κ3) is 2.49. The summed E-state index contributed by atoms with van der Waals surface area (Å²) in [5, 5.41) is 17.5. The Balaban J connectivity index is 2.95. The van der Waals surface area contributed by atoms with Crippen molar-refractivity contribution in [3.63, 3.8) is 0 Å². The van der Waals surface area contributed by atoms with E-state index >= 15 is 0 Å². The van der Waals surface area contributed by atoms with Gasteiger partial charge >= 0.3 is 0 Å². The van der Waals surface area contributed by atoms with Gasteiger partial charge in [0, 0.05) is 6.07 Å². The molecule has 1 atom stereocenters. The van der Waals surface area contributed by atoms with Crippen molar-refractivity contribution in [1.29, 1.82) is 5.26 Å². The van der Waals surface area contributed by atoms with E-state index in [1.807, 2.05) is 0 Å². The van der Waals surface area contributed by atoms with Gasteiger partial charge in [0.2, 0.25) is 0 Å². The Morgan fingerprint density at radius 2 is 1.85 bits per heavy atom. The lowest BCUT2D eigenvalue weighted by Gasteiger charge is -2.06. The molecule has 4 heteroatoms. The van der Waals surface area contributed by atoms with E-state index in [-0.39, 0.29) is 12.0 Å². The number of aliphatic hydroxyl groups is 1. The molecule has 0 aliphatic rings. The van der Waals surface area contributed by atoms with Crippen molar-refractivity contribution in [2.24, 2.45) is 0 Å². The predicted molar refractivity (Wildman–Crippen MR) is 41.5 cm³/mol. The summed E-state index contributed by atoms with van der Waals surface area (Å²) >= 11 is 0. The molecule has 0 spiro atoms. The third-order valence-corrected chi connectivity index (χ3v) is 1.55. The van der Waals surface area contributed by atoms with Gasteiger partial charge in [-0.3, -0.25) is 0 Å². The van der Waals surface area contributed by atoms with Crippen LogP contribution in [-0.4, -0.2) is 5.11 Å². The van der Waals surface area contributed by atoms with E-state index < -0.39 is 17.7 Å². The first kappa shape index (κ1) is 9.62. The monoisotopic (exact) mass is 183 g/mol. The summed E-state index contributed by atoms with van der Waals surface area (Å²) in [5.41, 5.74) is 0.0825. The van der Waals surface area contributed by atoms with Crippen LogP contribution in [0.2, 0.25) is 0 Å². The van der Waals surface area contributed by atoms with Crippen LogP contribution in [-0.2, 0) is 0 Å². The van der Waals surface area contributed by atoms with E-state index in [1.54, 1.807) is 6.07 Å². The topological polar surface area (TPSA) is 44.0 Å². The average Bonchev–Trinajstić information content (AvgIpc) is 2.03. The van der Waals surface area contributed by atoms with Crippen LogP contribution in [0.5, 0.6) is 0 Å². The van der Waals surface area contributed by atoms with E-state index in [2.05, 4.69) is 0 Å². The van der Waals surface area contributed by atoms with E-state index in [9.17, 15) is 13.9 Å². The van der Waals surface area contributed by atoms with Crippen LogP contribution < -0.4 is 0 Å². The van der Waals surface area contributed by atoms with Crippen molar-refractivity contribution in [3.05, 3.63) is 35.4 Å². The molecule has 2 nitrogen and oxygen atoms in total. The molecule has 0 aliphatic heterocycles. The number of aliphatic hydroxyl groups excluding tert-OH is 1. The van der Waals surface area contributed by atoms with Crippen molar-refractivity contribution < 1.29 is 13.9 Å². The van der Waals surface area contributed by atoms with Gasteiger partial charge in [-0.1, -0.05) is 0 Å². The molecular formula is C9H7F2NO. The second kappa shape index (κ2) is 3.97. The second-order valence-corrected chi connectivity index (χ2v) is 2.58. The van der Waals surface area contributed by atoms with Crippen LogP contribution in [0.15, 0.2) is 18.2 Å². The van der Waals surface area contributed by atoms with E-state index in [1.165, 1.54) is 0 Å². The number of nitriles is 1. The predicted octanol–water partition coefficient (Wildman–Crippen LogP) is 1.91. The molecule has 0 amide bonds.